The van der Waals surface area contributed by atoms with Gasteiger partial charge in [-0.15, -0.1) is 0 Å². The molecule has 9 nitrogen and oxygen atoms in total. The van der Waals surface area contributed by atoms with Gasteiger partial charge in [0.1, 0.15) is 17.2 Å². The van der Waals surface area contributed by atoms with Gasteiger partial charge >= 0.3 is 6.09 Å². The van der Waals surface area contributed by atoms with Crippen LogP contribution in [-0.2, 0) is 4.74 Å². The largest absolute Gasteiger partial charge is 0.444 e. The number of pyridine rings is 2. The van der Waals surface area contributed by atoms with Crippen LogP contribution in [0.1, 0.15) is 20.8 Å². The molecular weight excluding hydrogens is 490 g/mol. The highest BCUT2D eigenvalue weighted by atomic mass is 35.5. The van der Waals surface area contributed by atoms with Crippen molar-refractivity contribution in [3.63, 3.8) is 0 Å². The summed E-state index contributed by atoms with van der Waals surface area (Å²) >= 11 is 6.56. The normalized spacial score (nSPS) is 14.4. The first-order valence-corrected chi connectivity index (χ1v) is 12.3. The second-order valence-electron chi connectivity index (χ2n) is 9.46. The molecule has 0 aliphatic carbocycles. The van der Waals surface area contributed by atoms with Crippen molar-refractivity contribution >= 4 is 40.2 Å². The third-order valence-electron chi connectivity index (χ3n) is 5.58. The summed E-state index contributed by atoms with van der Waals surface area (Å²) in [6, 6.07) is 3.71. The lowest BCUT2D eigenvalue weighted by atomic mass is 10.2. The van der Waals surface area contributed by atoms with Gasteiger partial charge in [-0.2, -0.15) is 0 Å². The van der Waals surface area contributed by atoms with Crippen molar-refractivity contribution in [3.05, 3.63) is 72.8 Å². The molecule has 37 heavy (non-hydrogen) atoms. The number of fused-ring (bicyclic) bond motifs is 1. The molecule has 1 fully saturated rings. The van der Waals surface area contributed by atoms with Crippen LogP contribution < -0.4 is 10.2 Å². The quantitative estimate of drug-likeness (QED) is 0.428. The van der Waals surface area contributed by atoms with Gasteiger partial charge in [-0.3, -0.25) is 4.98 Å². The summed E-state index contributed by atoms with van der Waals surface area (Å²) in [5.41, 5.74) is 1.62. The number of anilines is 2. The van der Waals surface area contributed by atoms with Crippen molar-refractivity contribution in [3.8, 4) is 11.4 Å². The molecule has 0 atom stereocenters. The Labute approximate surface area is 221 Å². The molecule has 192 valence electrons. The molecule has 0 radical (unpaired) electrons. The summed E-state index contributed by atoms with van der Waals surface area (Å²) in [6.07, 6.45) is 9.80. The maximum Gasteiger partial charge on any atom is 0.410 e. The minimum absolute atomic E-state index is 0.316. The van der Waals surface area contributed by atoms with Gasteiger partial charge in [0.25, 0.3) is 0 Å². The average molecular weight is 520 g/mol. The Morgan fingerprint density at radius 3 is 2.59 bits per heavy atom. The third kappa shape index (κ3) is 6.24. The van der Waals surface area contributed by atoms with E-state index in [4.69, 9.17) is 26.3 Å². The lowest BCUT2D eigenvalue weighted by Gasteiger charge is -2.36. The molecule has 1 amide bonds. The highest BCUT2D eigenvalue weighted by Crippen LogP contribution is 2.33. The number of hydrogen-bond acceptors (Lipinski definition) is 8. The average Bonchev–Trinajstić information content (AvgIpc) is 2.87. The highest BCUT2D eigenvalue weighted by molar-refractivity contribution is 6.36. The van der Waals surface area contributed by atoms with Gasteiger partial charge in [0.05, 0.1) is 22.1 Å². The summed E-state index contributed by atoms with van der Waals surface area (Å²) in [4.78, 5) is 34.7. The van der Waals surface area contributed by atoms with Gasteiger partial charge in [-0.1, -0.05) is 30.8 Å². The van der Waals surface area contributed by atoms with E-state index in [9.17, 15) is 4.79 Å². The molecule has 0 saturated carbocycles. The van der Waals surface area contributed by atoms with Crippen molar-refractivity contribution in [2.75, 3.05) is 36.4 Å². The molecule has 1 aliphatic rings. The first kappa shape index (κ1) is 26.1. The fourth-order valence-corrected chi connectivity index (χ4v) is 4.12. The van der Waals surface area contributed by atoms with Crippen LogP contribution in [-0.4, -0.2) is 62.7 Å². The molecule has 1 saturated heterocycles. The molecule has 4 heterocycles. The maximum absolute atomic E-state index is 12.5. The molecule has 0 spiro atoms. The lowest BCUT2D eigenvalue weighted by molar-refractivity contribution is 0.0240. The van der Waals surface area contributed by atoms with Crippen molar-refractivity contribution in [1.82, 2.24) is 24.8 Å². The number of aromatic nitrogens is 4. The van der Waals surface area contributed by atoms with E-state index in [1.165, 1.54) is 0 Å². The van der Waals surface area contributed by atoms with Crippen LogP contribution in [0.2, 0.25) is 5.02 Å². The van der Waals surface area contributed by atoms with Crippen LogP contribution in [0, 0.1) is 0 Å². The monoisotopic (exact) mass is 519 g/mol. The number of nitrogens with one attached hydrogen (secondary N) is 1. The molecule has 1 aliphatic heterocycles. The van der Waals surface area contributed by atoms with Gasteiger partial charge in [0.15, 0.2) is 5.82 Å². The van der Waals surface area contributed by atoms with E-state index >= 15 is 0 Å². The van der Waals surface area contributed by atoms with E-state index in [2.05, 4.69) is 33.3 Å². The molecule has 0 unspecified atom stereocenters. The van der Waals surface area contributed by atoms with E-state index in [1.54, 1.807) is 41.7 Å². The molecular formula is C27H30ClN7O2. The van der Waals surface area contributed by atoms with Crippen molar-refractivity contribution in [1.29, 1.82) is 0 Å². The molecule has 0 aromatic carbocycles. The number of allylic oxidation sites excluding steroid dienone is 3. The molecule has 0 bridgehead atoms. The molecule has 3 aromatic rings. The van der Waals surface area contributed by atoms with E-state index in [0.717, 1.165) is 16.6 Å². The Balaban J connectivity index is 1.66. The number of carbonyl (C=O) groups excluding carboxylic acids is 1. The van der Waals surface area contributed by atoms with E-state index in [1.807, 2.05) is 32.9 Å². The standard InChI is InChI=1S/C27H30ClN7O2/c1-6-8-19(7-2)31-22-15-18(9-10-30-22)24-32-21-17-29-16-20(28)23(21)25(33-24)34-11-13-35(14-12-34)26(36)37-27(3,4)5/h6-10,15-17H,1-2,11-14H2,3-5H3,(H,30,31)/b19-8+. The molecule has 4 rings (SSSR count). The first-order chi connectivity index (χ1) is 17.7. The Bertz CT molecular complexity index is 1360. The summed E-state index contributed by atoms with van der Waals surface area (Å²) in [7, 11) is 0. The predicted octanol–water partition coefficient (Wildman–Crippen LogP) is 5.47. The lowest BCUT2D eigenvalue weighted by Crippen LogP contribution is -2.50. The number of halogens is 1. The zero-order chi connectivity index (χ0) is 26.6. The van der Waals surface area contributed by atoms with E-state index < -0.39 is 5.60 Å². The van der Waals surface area contributed by atoms with Crippen molar-refractivity contribution < 1.29 is 9.53 Å². The second-order valence-corrected chi connectivity index (χ2v) is 9.86. The zero-order valence-corrected chi connectivity index (χ0v) is 22.0. The Morgan fingerprint density at radius 1 is 1.16 bits per heavy atom. The van der Waals surface area contributed by atoms with Crippen LogP contribution >= 0.6 is 11.6 Å². The van der Waals surface area contributed by atoms with Crippen LogP contribution in [0.4, 0.5) is 16.4 Å². The SMILES string of the molecule is C=C/C=C(\C=C)Nc1cc(-c2nc(N3CCN(C(=O)OC(C)(C)C)CC3)c3c(Cl)cncc3n2)ccn1. The highest BCUT2D eigenvalue weighted by Gasteiger charge is 2.28. The molecule has 10 heteroatoms. The van der Waals surface area contributed by atoms with Crippen molar-refractivity contribution in [2.24, 2.45) is 0 Å². The summed E-state index contributed by atoms with van der Waals surface area (Å²) in [6.45, 7) is 15.3. The topological polar surface area (TPSA) is 96.4 Å². The zero-order valence-electron chi connectivity index (χ0n) is 21.2. The number of amides is 1. The summed E-state index contributed by atoms with van der Waals surface area (Å²) < 4.78 is 5.53. The third-order valence-corrected chi connectivity index (χ3v) is 5.87. The first-order valence-electron chi connectivity index (χ1n) is 11.9. The van der Waals surface area contributed by atoms with E-state index in [0.29, 0.717) is 54.2 Å². The smallest absolute Gasteiger partial charge is 0.410 e. The number of rotatable bonds is 6. The second kappa shape index (κ2) is 11.0. The number of piperazine rings is 1. The van der Waals surface area contributed by atoms with E-state index in [-0.39, 0.29) is 6.09 Å². The number of carbonyl (C=O) groups is 1. The van der Waals surface area contributed by atoms with Crippen LogP contribution in [0.15, 0.2) is 67.8 Å². The summed E-state index contributed by atoms with van der Waals surface area (Å²) in [5, 5.41) is 4.40. The number of ether oxygens (including phenoxy) is 1. The van der Waals surface area contributed by atoms with Gasteiger partial charge < -0.3 is 19.9 Å². The van der Waals surface area contributed by atoms with Gasteiger partial charge in [0, 0.05) is 49.8 Å². The Hall–Kier alpha value is -3.98. The Morgan fingerprint density at radius 2 is 1.92 bits per heavy atom. The minimum Gasteiger partial charge on any atom is -0.444 e. The predicted molar refractivity (Wildman–Crippen MR) is 148 cm³/mol. The van der Waals surface area contributed by atoms with Crippen LogP contribution in [0.25, 0.3) is 22.3 Å². The summed E-state index contributed by atoms with van der Waals surface area (Å²) in [5.74, 6) is 1.83. The maximum atomic E-state index is 12.5. The van der Waals surface area contributed by atoms with Crippen LogP contribution in [0.3, 0.4) is 0 Å². The molecule has 3 aromatic heterocycles. The number of hydrogen-bond donors (Lipinski definition) is 1. The van der Waals surface area contributed by atoms with Gasteiger partial charge in [-0.25, -0.2) is 19.7 Å². The van der Waals surface area contributed by atoms with Crippen molar-refractivity contribution in [2.45, 2.75) is 26.4 Å². The minimum atomic E-state index is -0.543. The van der Waals surface area contributed by atoms with Gasteiger partial charge in [-0.05, 0) is 45.1 Å². The Kier molecular flexibility index (Phi) is 7.73. The fourth-order valence-electron chi connectivity index (χ4n) is 3.88. The van der Waals surface area contributed by atoms with Gasteiger partial charge in [0.2, 0.25) is 0 Å². The van der Waals surface area contributed by atoms with Crippen LogP contribution in [0.5, 0.6) is 0 Å². The molecule has 1 N–H and O–H groups in total. The fraction of sp³-hybridized carbons (Fsp3) is 0.296. The number of nitrogens with zero attached hydrogens (tertiary/aromatic N) is 6.